The van der Waals surface area contributed by atoms with Crippen molar-refractivity contribution >= 4 is 0 Å². The molecule has 1 rings (SSSR count). The van der Waals surface area contributed by atoms with E-state index < -0.39 is 23.5 Å². The number of pyridine rings is 1. The fraction of sp³-hybridized carbons (Fsp3) is 0.375. The smallest absolute Gasteiger partial charge is 0.369 e. The molecule has 1 aromatic rings. The summed E-state index contributed by atoms with van der Waals surface area (Å²) in [4.78, 5) is 3.12. The summed E-state index contributed by atoms with van der Waals surface area (Å²) in [5.74, 6) is 0. The van der Waals surface area contributed by atoms with Gasteiger partial charge in [0.25, 0.3) is 5.60 Å². The molecule has 0 aliphatic carbocycles. The molecular formula is C8H5F6NO. The van der Waals surface area contributed by atoms with Gasteiger partial charge in [0, 0.05) is 18.0 Å². The Labute approximate surface area is 85.5 Å². The lowest BCUT2D eigenvalue weighted by molar-refractivity contribution is -0.376. The third-order valence-electron chi connectivity index (χ3n) is 1.90. The van der Waals surface area contributed by atoms with Gasteiger partial charge in [0.1, 0.15) is 0 Å². The fourth-order valence-corrected chi connectivity index (χ4v) is 1.06. The van der Waals surface area contributed by atoms with Crippen LogP contribution >= 0.6 is 0 Å². The van der Waals surface area contributed by atoms with E-state index in [1.165, 1.54) is 0 Å². The van der Waals surface area contributed by atoms with E-state index in [4.69, 9.17) is 5.11 Å². The molecule has 0 saturated heterocycles. The second kappa shape index (κ2) is 3.62. The molecule has 0 bridgehead atoms. The van der Waals surface area contributed by atoms with Gasteiger partial charge in [-0.2, -0.15) is 26.3 Å². The Morgan fingerprint density at radius 2 is 1.50 bits per heavy atom. The van der Waals surface area contributed by atoms with Crippen molar-refractivity contribution in [3.05, 3.63) is 30.1 Å². The maximum absolute atomic E-state index is 12.3. The summed E-state index contributed by atoms with van der Waals surface area (Å²) in [7, 11) is 0. The number of aliphatic hydroxyl groups is 1. The summed E-state index contributed by atoms with van der Waals surface area (Å²) in [6.45, 7) is 0. The van der Waals surface area contributed by atoms with Crippen molar-refractivity contribution in [1.82, 2.24) is 4.98 Å². The van der Waals surface area contributed by atoms with Crippen LogP contribution < -0.4 is 0 Å². The van der Waals surface area contributed by atoms with Crippen LogP contribution in [0.5, 0.6) is 0 Å². The summed E-state index contributed by atoms with van der Waals surface area (Å²) in [6, 6.07) is 1.38. The van der Waals surface area contributed by atoms with E-state index in [2.05, 4.69) is 4.98 Å². The number of aromatic nitrogens is 1. The first kappa shape index (κ1) is 12.8. The van der Waals surface area contributed by atoms with Crippen LogP contribution in [-0.4, -0.2) is 22.4 Å². The third kappa shape index (κ3) is 1.84. The van der Waals surface area contributed by atoms with Crippen molar-refractivity contribution in [3.8, 4) is 0 Å². The Morgan fingerprint density at radius 3 is 1.81 bits per heavy atom. The van der Waals surface area contributed by atoms with Crippen molar-refractivity contribution in [2.75, 3.05) is 0 Å². The summed E-state index contributed by atoms with van der Waals surface area (Å²) >= 11 is 0. The fourth-order valence-electron chi connectivity index (χ4n) is 1.06. The van der Waals surface area contributed by atoms with E-state index in [0.717, 1.165) is 12.3 Å². The average molecular weight is 245 g/mol. The van der Waals surface area contributed by atoms with E-state index in [-0.39, 0.29) is 0 Å². The summed E-state index contributed by atoms with van der Waals surface area (Å²) in [6.07, 6.45) is -10.4. The van der Waals surface area contributed by atoms with Crippen LogP contribution in [-0.2, 0) is 5.60 Å². The highest BCUT2D eigenvalue weighted by molar-refractivity contribution is 5.22. The Kier molecular flexibility index (Phi) is 2.88. The first-order chi connectivity index (χ1) is 7.11. The van der Waals surface area contributed by atoms with Crippen LogP contribution in [0.15, 0.2) is 24.5 Å². The largest absolute Gasteiger partial charge is 0.430 e. The van der Waals surface area contributed by atoms with Crippen LogP contribution in [0.4, 0.5) is 26.3 Å². The number of hydrogen-bond acceptors (Lipinski definition) is 2. The minimum atomic E-state index is -5.87. The summed E-state index contributed by atoms with van der Waals surface area (Å²) < 4.78 is 73.7. The Hall–Kier alpha value is -1.31. The lowest BCUT2D eigenvalue weighted by atomic mass is 9.94. The van der Waals surface area contributed by atoms with E-state index in [1.54, 1.807) is 0 Å². The zero-order valence-electron chi connectivity index (χ0n) is 7.47. The molecule has 0 aliphatic heterocycles. The SMILES string of the molecule is OC(c1cccnc1)(C(F)(F)F)C(F)(F)F. The van der Waals surface area contributed by atoms with Crippen LogP contribution in [0.1, 0.15) is 5.56 Å². The molecule has 0 aliphatic rings. The van der Waals surface area contributed by atoms with Gasteiger partial charge in [-0.05, 0) is 6.07 Å². The quantitative estimate of drug-likeness (QED) is 0.770. The van der Waals surface area contributed by atoms with Gasteiger partial charge in [-0.15, -0.1) is 0 Å². The zero-order valence-corrected chi connectivity index (χ0v) is 7.47. The van der Waals surface area contributed by atoms with E-state index in [0.29, 0.717) is 12.3 Å². The van der Waals surface area contributed by atoms with Gasteiger partial charge >= 0.3 is 12.4 Å². The third-order valence-corrected chi connectivity index (χ3v) is 1.90. The van der Waals surface area contributed by atoms with Crippen molar-refractivity contribution in [2.45, 2.75) is 18.0 Å². The highest BCUT2D eigenvalue weighted by Crippen LogP contribution is 2.49. The molecule has 0 unspecified atom stereocenters. The molecule has 0 fully saturated rings. The van der Waals surface area contributed by atoms with Gasteiger partial charge in [0.2, 0.25) is 0 Å². The Balaban J connectivity index is 3.39. The van der Waals surface area contributed by atoms with Crippen molar-refractivity contribution in [2.24, 2.45) is 0 Å². The molecule has 0 amide bonds. The van der Waals surface area contributed by atoms with Crippen LogP contribution in [0.3, 0.4) is 0 Å². The average Bonchev–Trinajstić information content (AvgIpc) is 2.14. The first-order valence-electron chi connectivity index (χ1n) is 3.87. The molecule has 0 atom stereocenters. The molecule has 90 valence electrons. The van der Waals surface area contributed by atoms with E-state index >= 15 is 0 Å². The highest BCUT2D eigenvalue weighted by Gasteiger charge is 2.71. The molecule has 0 aromatic carbocycles. The van der Waals surface area contributed by atoms with Gasteiger partial charge in [-0.3, -0.25) is 4.98 Å². The Morgan fingerprint density at radius 1 is 1.00 bits per heavy atom. The number of halogens is 6. The predicted octanol–water partition coefficient (Wildman–Crippen LogP) is 2.39. The van der Waals surface area contributed by atoms with Crippen molar-refractivity contribution in [3.63, 3.8) is 0 Å². The van der Waals surface area contributed by atoms with Gasteiger partial charge in [0.05, 0.1) is 0 Å². The molecule has 0 radical (unpaired) electrons. The van der Waals surface area contributed by atoms with Gasteiger partial charge in [-0.25, -0.2) is 0 Å². The lowest BCUT2D eigenvalue weighted by Gasteiger charge is -2.32. The monoisotopic (exact) mass is 245 g/mol. The summed E-state index contributed by atoms with van der Waals surface area (Å²) in [5, 5.41) is 8.87. The molecule has 1 aromatic heterocycles. The standard InChI is InChI=1S/C8H5F6NO/c9-7(10,11)6(16,8(12,13)14)5-2-1-3-15-4-5/h1-4,16H. The second-order valence-corrected chi connectivity index (χ2v) is 2.95. The molecule has 8 heteroatoms. The van der Waals surface area contributed by atoms with E-state index in [1.807, 2.05) is 0 Å². The molecule has 0 saturated carbocycles. The Bertz CT molecular complexity index is 343. The summed E-state index contributed by atoms with van der Waals surface area (Å²) in [5.41, 5.74) is -6.26. The normalized spacial score (nSPS) is 13.9. The van der Waals surface area contributed by atoms with Crippen molar-refractivity contribution < 1.29 is 31.4 Å². The topological polar surface area (TPSA) is 33.1 Å². The predicted molar refractivity (Wildman–Crippen MR) is 40.2 cm³/mol. The van der Waals surface area contributed by atoms with Gasteiger partial charge in [-0.1, -0.05) is 6.07 Å². The number of nitrogens with zero attached hydrogens (tertiary/aromatic N) is 1. The van der Waals surface area contributed by atoms with Crippen molar-refractivity contribution in [1.29, 1.82) is 0 Å². The maximum Gasteiger partial charge on any atom is 0.430 e. The molecule has 2 nitrogen and oxygen atoms in total. The highest BCUT2D eigenvalue weighted by atomic mass is 19.4. The van der Waals surface area contributed by atoms with Gasteiger partial charge < -0.3 is 5.11 Å². The van der Waals surface area contributed by atoms with E-state index in [9.17, 15) is 26.3 Å². The minimum Gasteiger partial charge on any atom is -0.369 e. The van der Waals surface area contributed by atoms with Crippen LogP contribution in [0.2, 0.25) is 0 Å². The van der Waals surface area contributed by atoms with Crippen LogP contribution in [0, 0.1) is 0 Å². The first-order valence-corrected chi connectivity index (χ1v) is 3.87. The minimum absolute atomic E-state index is 0.320. The lowest BCUT2D eigenvalue weighted by Crippen LogP contribution is -2.53. The second-order valence-electron chi connectivity index (χ2n) is 2.95. The number of rotatable bonds is 1. The molecule has 16 heavy (non-hydrogen) atoms. The number of alkyl halides is 6. The molecular weight excluding hydrogens is 240 g/mol. The van der Waals surface area contributed by atoms with Crippen LogP contribution in [0.25, 0.3) is 0 Å². The maximum atomic E-state index is 12.3. The molecule has 1 heterocycles. The number of hydrogen-bond donors (Lipinski definition) is 1. The zero-order chi connectivity index (χ0) is 12.6. The van der Waals surface area contributed by atoms with Gasteiger partial charge in [0.15, 0.2) is 0 Å². The molecule has 1 N–H and O–H groups in total. The molecule has 0 spiro atoms.